The molecule has 8 heteroatoms. The van der Waals surface area contributed by atoms with Crippen molar-refractivity contribution in [2.24, 2.45) is 0 Å². The molecule has 1 amide bonds. The number of methoxy groups -OCH3 is 1. The number of nitrogens with one attached hydrogen (secondary N) is 1. The van der Waals surface area contributed by atoms with Gasteiger partial charge in [0.1, 0.15) is 16.7 Å². The molecule has 1 heterocycles. The molecule has 1 saturated carbocycles. The normalized spacial score (nSPS) is 17.9. The van der Waals surface area contributed by atoms with E-state index in [0.29, 0.717) is 11.2 Å². The average Bonchev–Trinajstić information content (AvgIpc) is 3.05. The minimum atomic E-state index is -2.84. The van der Waals surface area contributed by atoms with Crippen LogP contribution in [0, 0.1) is 0 Å². The van der Waals surface area contributed by atoms with Crippen molar-refractivity contribution in [1.82, 2.24) is 5.32 Å². The first kappa shape index (κ1) is 19.8. The Morgan fingerprint density at radius 1 is 1.03 bits per heavy atom. The molecule has 3 aromatic rings. The predicted molar refractivity (Wildman–Crippen MR) is 107 cm³/mol. The largest absolute Gasteiger partial charge is 0.467 e. The average molecular weight is 466 g/mol. The third-order valence-corrected chi connectivity index (χ3v) is 5.95. The first-order valence-corrected chi connectivity index (χ1v) is 9.93. The molecule has 0 saturated heterocycles. The number of amides is 1. The van der Waals surface area contributed by atoms with Crippen LogP contribution >= 0.6 is 15.9 Å². The zero-order valence-corrected chi connectivity index (χ0v) is 17.1. The Bertz CT molecular complexity index is 1110. The molecule has 0 aliphatic heterocycles. The third-order valence-electron chi connectivity index (χ3n) is 5.46. The van der Waals surface area contributed by atoms with E-state index in [0.717, 1.165) is 15.2 Å². The van der Waals surface area contributed by atoms with Crippen molar-refractivity contribution < 1.29 is 27.5 Å². The van der Waals surface area contributed by atoms with Gasteiger partial charge in [-0.2, -0.15) is 0 Å². The second-order valence-corrected chi connectivity index (χ2v) is 8.25. The van der Waals surface area contributed by atoms with E-state index in [1.54, 1.807) is 18.2 Å². The van der Waals surface area contributed by atoms with Gasteiger partial charge in [0.05, 0.1) is 7.11 Å². The van der Waals surface area contributed by atoms with E-state index >= 15 is 0 Å². The van der Waals surface area contributed by atoms with Crippen molar-refractivity contribution in [2.45, 2.75) is 37.1 Å². The highest BCUT2D eigenvalue weighted by molar-refractivity contribution is 9.10. The van der Waals surface area contributed by atoms with Gasteiger partial charge in [-0.1, -0.05) is 15.9 Å². The quantitative estimate of drug-likeness (QED) is 0.539. The number of halogens is 3. The monoisotopic (exact) mass is 465 g/mol. The fourth-order valence-electron chi connectivity index (χ4n) is 3.80. The second-order valence-electron chi connectivity index (χ2n) is 7.34. The summed E-state index contributed by atoms with van der Waals surface area (Å²) in [6.07, 6.45) is -1.33. The van der Waals surface area contributed by atoms with Crippen molar-refractivity contribution in [3.05, 3.63) is 46.4 Å². The van der Waals surface area contributed by atoms with Crippen LogP contribution in [0.3, 0.4) is 0 Å². The van der Waals surface area contributed by atoms with E-state index in [4.69, 9.17) is 9.15 Å². The maximum absolute atomic E-state index is 13.6. The Morgan fingerprint density at radius 3 is 2.31 bits per heavy atom. The lowest BCUT2D eigenvalue weighted by molar-refractivity contribution is -0.153. The maximum Gasteiger partial charge on any atom is 0.331 e. The van der Waals surface area contributed by atoms with E-state index in [9.17, 15) is 18.4 Å². The van der Waals surface area contributed by atoms with Gasteiger partial charge in [0.15, 0.2) is 0 Å². The van der Waals surface area contributed by atoms with Gasteiger partial charge in [-0.25, -0.2) is 13.6 Å². The van der Waals surface area contributed by atoms with Crippen LogP contribution in [0.5, 0.6) is 0 Å². The van der Waals surface area contributed by atoms with Crippen molar-refractivity contribution in [2.75, 3.05) is 7.11 Å². The Balaban J connectivity index is 1.65. The second kappa shape index (κ2) is 7.09. The molecule has 1 aromatic heterocycles. The lowest BCUT2D eigenvalue weighted by atomic mass is 9.79. The zero-order valence-electron chi connectivity index (χ0n) is 15.6. The number of hydrogen-bond donors (Lipinski definition) is 1. The van der Waals surface area contributed by atoms with E-state index in [2.05, 4.69) is 21.2 Å². The van der Waals surface area contributed by atoms with E-state index < -0.39 is 36.2 Å². The molecular weight excluding hydrogens is 448 g/mol. The van der Waals surface area contributed by atoms with Gasteiger partial charge in [0, 0.05) is 33.7 Å². The van der Waals surface area contributed by atoms with Crippen LogP contribution in [0.2, 0.25) is 0 Å². The van der Waals surface area contributed by atoms with Crippen molar-refractivity contribution in [3.8, 4) is 0 Å². The summed E-state index contributed by atoms with van der Waals surface area (Å²) in [4.78, 5) is 25.2. The topological polar surface area (TPSA) is 68.5 Å². The van der Waals surface area contributed by atoms with Gasteiger partial charge in [-0.05, 0) is 49.2 Å². The number of carbonyl (C=O) groups is 2. The number of furan rings is 1. The molecule has 0 atom stereocenters. The fourth-order valence-corrected chi connectivity index (χ4v) is 4.14. The van der Waals surface area contributed by atoms with Crippen LogP contribution in [0.25, 0.3) is 21.9 Å². The number of fused-ring (bicyclic) bond motifs is 3. The predicted octanol–water partition coefficient (Wildman–Crippen LogP) is 5.20. The minimum absolute atomic E-state index is 0.181. The van der Waals surface area contributed by atoms with Gasteiger partial charge in [-0.15, -0.1) is 0 Å². The van der Waals surface area contributed by atoms with Gasteiger partial charge in [0.25, 0.3) is 5.91 Å². The summed E-state index contributed by atoms with van der Waals surface area (Å²) in [5, 5.41) is 4.41. The minimum Gasteiger partial charge on any atom is -0.467 e. The maximum atomic E-state index is 13.6. The number of carbonyl (C=O) groups excluding carboxylic acids is 2. The molecule has 0 spiro atoms. The lowest BCUT2D eigenvalue weighted by Gasteiger charge is -2.38. The molecule has 0 unspecified atom stereocenters. The van der Waals surface area contributed by atoms with Gasteiger partial charge >= 0.3 is 5.97 Å². The Labute approximate surface area is 173 Å². The Kier molecular flexibility index (Phi) is 4.85. The van der Waals surface area contributed by atoms with Crippen LogP contribution in [-0.4, -0.2) is 30.4 Å². The molecule has 1 N–H and O–H groups in total. The molecule has 0 bridgehead atoms. The van der Waals surface area contributed by atoms with E-state index in [-0.39, 0.29) is 18.4 Å². The smallest absolute Gasteiger partial charge is 0.331 e. The summed E-state index contributed by atoms with van der Waals surface area (Å²) in [6.45, 7) is 0. The summed E-state index contributed by atoms with van der Waals surface area (Å²) < 4.78 is 38.7. The summed E-state index contributed by atoms with van der Waals surface area (Å²) in [5.41, 5.74) is 0.0121. The van der Waals surface area contributed by atoms with E-state index in [1.165, 1.54) is 7.11 Å². The van der Waals surface area contributed by atoms with Crippen LogP contribution in [0.1, 0.15) is 36.0 Å². The molecule has 2 aromatic carbocycles. The number of esters is 1. The lowest BCUT2D eigenvalue weighted by Crippen LogP contribution is -2.58. The fraction of sp³-hybridized carbons (Fsp3) is 0.333. The molecule has 5 nitrogen and oxygen atoms in total. The number of rotatable bonds is 3. The molecule has 4 rings (SSSR count). The third kappa shape index (κ3) is 3.61. The first-order chi connectivity index (χ1) is 13.7. The molecule has 1 aliphatic carbocycles. The number of ether oxygens (including phenoxy) is 1. The molecule has 152 valence electrons. The molecule has 0 radical (unpaired) electrons. The van der Waals surface area contributed by atoms with E-state index in [1.807, 2.05) is 18.2 Å². The molecular formula is C21H18BrF2NO4. The molecule has 1 fully saturated rings. The zero-order chi connectivity index (χ0) is 20.8. The number of hydrogen-bond acceptors (Lipinski definition) is 4. The van der Waals surface area contributed by atoms with Crippen LogP contribution in [0.4, 0.5) is 8.78 Å². The van der Waals surface area contributed by atoms with Crippen molar-refractivity contribution >= 4 is 49.7 Å². The number of alkyl halides is 2. The molecule has 1 aliphatic rings. The van der Waals surface area contributed by atoms with Crippen molar-refractivity contribution in [1.29, 1.82) is 0 Å². The summed E-state index contributed by atoms with van der Waals surface area (Å²) in [5.74, 6) is -4.09. The Morgan fingerprint density at radius 2 is 1.66 bits per heavy atom. The standard InChI is InChI=1S/C21H18BrF2NO4/c1-28-19(27)20(6-8-21(23,24)9-7-20)25-18(26)12-2-4-14-15-5-3-13(22)11-17(15)29-16(14)10-12/h2-5,10-11H,6-9H2,1H3,(H,25,26). The highest BCUT2D eigenvalue weighted by Gasteiger charge is 2.49. The summed E-state index contributed by atoms with van der Waals surface area (Å²) in [6, 6.07) is 10.6. The SMILES string of the molecule is COC(=O)C1(NC(=O)c2ccc3c(c2)oc2cc(Br)ccc23)CCC(F)(F)CC1. The highest BCUT2D eigenvalue weighted by atomic mass is 79.9. The van der Waals surface area contributed by atoms with Crippen LogP contribution in [0.15, 0.2) is 45.3 Å². The number of benzene rings is 2. The Hall–Kier alpha value is -2.48. The van der Waals surface area contributed by atoms with Crippen LogP contribution in [-0.2, 0) is 9.53 Å². The van der Waals surface area contributed by atoms with Crippen LogP contribution < -0.4 is 5.32 Å². The van der Waals surface area contributed by atoms with Gasteiger partial charge in [-0.3, -0.25) is 4.79 Å². The summed E-state index contributed by atoms with van der Waals surface area (Å²) >= 11 is 3.40. The van der Waals surface area contributed by atoms with Gasteiger partial charge in [0.2, 0.25) is 5.92 Å². The summed E-state index contributed by atoms with van der Waals surface area (Å²) in [7, 11) is 1.18. The van der Waals surface area contributed by atoms with Gasteiger partial charge < -0.3 is 14.5 Å². The molecule has 29 heavy (non-hydrogen) atoms. The first-order valence-electron chi connectivity index (χ1n) is 9.14. The highest BCUT2D eigenvalue weighted by Crippen LogP contribution is 2.39. The van der Waals surface area contributed by atoms with Crippen molar-refractivity contribution in [3.63, 3.8) is 0 Å².